The van der Waals surface area contributed by atoms with Crippen LogP contribution in [0.15, 0.2) is 0 Å². The summed E-state index contributed by atoms with van der Waals surface area (Å²) in [5, 5.41) is 0. The van der Waals surface area contributed by atoms with E-state index in [1.54, 1.807) is 0 Å². The first kappa shape index (κ1) is 17.0. The van der Waals surface area contributed by atoms with Crippen LogP contribution in [0.1, 0.15) is 80.6 Å². The van der Waals surface area contributed by atoms with Crippen molar-refractivity contribution in [2.75, 3.05) is 0 Å². The largest absolute Gasteiger partial charge is 0.0654 e. The number of hydrogen-bond donors (Lipinski definition) is 0. The molecule has 0 aromatic carbocycles. The van der Waals surface area contributed by atoms with Gasteiger partial charge in [0.2, 0.25) is 0 Å². The van der Waals surface area contributed by atoms with Crippen molar-refractivity contribution in [3.8, 4) is 0 Å². The fourth-order valence-corrected chi connectivity index (χ4v) is 3.64. The number of hydrogen-bond acceptors (Lipinski definition) is 0. The maximum Gasteiger partial charge on any atom is -0.0334 e. The number of rotatable bonds is 9. The van der Waals surface area contributed by atoms with E-state index in [1.165, 1.54) is 32.1 Å². The van der Waals surface area contributed by atoms with E-state index in [0.717, 1.165) is 29.6 Å². The van der Waals surface area contributed by atoms with Gasteiger partial charge in [0, 0.05) is 0 Å². The van der Waals surface area contributed by atoms with E-state index >= 15 is 0 Å². The highest BCUT2D eigenvalue weighted by Gasteiger charge is 2.30. The van der Waals surface area contributed by atoms with Crippen molar-refractivity contribution in [3.63, 3.8) is 0 Å². The Morgan fingerprint density at radius 3 is 1.35 bits per heavy atom. The molecule has 0 radical (unpaired) electrons. The Hall–Kier alpha value is 0. The molecule has 0 fully saturated rings. The van der Waals surface area contributed by atoms with Gasteiger partial charge in [0.05, 0.1) is 0 Å². The van der Waals surface area contributed by atoms with E-state index in [9.17, 15) is 0 Å². The Morgan fingerprint density at radius 2 is 1.06 bits per heavy atom. The molecule has 4 unspecified atom stereocenters. The van der Waals surface area contributed by atoms with Gasteiger partial charge >= 0.3 is 0 Å². The van der Waals surface area contributed by atoms with Gasteiger partial charge in [-0.15, -0.1) is 0 Å². The highest BCUT2D eigenvalue weighted by Crippen LogP contribution is 2.38. The summed E-state index contributed by atoms with van der Waals surface area (Å²) >= 11 is 0. The quantitative estimate of drug-likeness (QED) is 0.453. The molecule has 0 spiro atoms. The molecule has 0 aliphatic rings. The molecule has 0 saturated heterocycles. The van der Waals surface area contributed by atoms with Crippen molar-refractivity contribution in [1.82, 2.24) is 0 Å². The van der Waals surface area contributed by atoms with Gasteiger partial charge in [-0.25, -0.2) is 0 Å². The van der Waals surface area contributed by atoms with Crippen LogP contribution in [0, 0.1) is 29.6 Å². The Labute approximate surface area is 111 Å². The molecular formula is C17H36. The van der Waals surface area contributed by atoms with Gasteiger partial charge in [-0.05, 0) is 29.6 Å². The molecule has 0 nitrogen and oxygen atoms in total. The van der Waals surface area contributed by atoms with Crippen LogP contribution >= 0.6 is 0 Å². The van der Waals surface area contributed by atoms with Crippen molar-refractivity contribution in [3.05, 3.63) is 0 Å². The van der Waals surface area contributed by atoms with Crippen molar-refractivity contribution in [2.45, 2.75) is 80.6 Å². The van der Waals surface area contributed by atoms with Crippen LogP contribution in [-0.4, -0.2) is 0 Å². The maximum atomic E-state index is 2.50. The molecule has 4 atom stereocenters. The minimum atomic E-state index is 0.874. The lowest BCUT2D eigenvalue weighted by Gasteiger charge is -2.37. The summed E-state index contributed by atoms with van der Waals surface area (Å²) in [4.78, 5) is 0. The van der Waals surface area contributed by atoms with E-state index in [1.807, 2.05) is 0 Å². The first-order chi connectivity index (χ1) is 7.99. The average Bonchev–Trinajstić information content (AvgIpc) is 2.28. The van der Waals surface area contributed by atoms with E-state index in [4.69, 9.17) is 0 Å². The molecule has 17 heavy (non-hydrogen) atoms. The third-order valence-corrected chi connectivity index (χ3v) is 4.95. The molecule has 0 aromatic heterocycles. The van der Waals surface area contributed by atoms with Crippen LogP contribution in [0.25, 0.3) is 0 Å². The lowest BCUT2D eigenvalue weighted by molar-refractivity contribution is 0.118. The van der Waals surface area contributed by atoms with Gasteiger partial charge < -0.3 is 0 Å². The highest BCUT2D eigenvalue weighted by atomic mass is 14.4. The molecule has 0 heterocycles. The van der Waals surface area contributed by atoms with Crippen LogP contribution < -0.4 is 0 Å². The van der Waals surface area contributed by atoms with Gasteiger partial charge in [-0.1, -0.05) is 80.6 Å². The summed E-state index contributed by atoms with van der Waals surface area (Å²) in [6.07, 6.45) is 6.81. The Morgan fingerprint density at radius 1 is 0.647 bits per heavy atom. The Balaban J connectivity index is 4.69. The van der Waals surface area contributed by atoms with Crippen LogP contribution in [0.3, 0.4) is 0 Å². The van der Waals surface area contributed by atoms with Crippen molar-refractivity contribution >= 4 is 0 Å². The molecule has 104 valence electrons. The normalized spacial score (nSPS) is 20.6. The molecule has 0 heteroatoms. The summed E-state index contributed by atoms with van der Waals surface area (Å²) in [7, 11) is 0. The topological polar surface area (TPSA) is 0 Å². The minimum absolute atomic E-state index is 0.874. The van der Waals surface area contributed by atoms with Crippen molar-refractivity contribution in [2.24, 2.45) is 29.6 Å². The summed E-state index contributed by atoms with van der Waals surface area (Å²) < 4.78 is 0. The second-order valence-corrected chi connectivity index (χ2v) is 6.35. The van der Waals surface area contributed by atoms with Crippen molar-refractivity contribution in [1.29, 1.82) is 0 Å². The predicted octanol–water partition coefficient (Wildman–Crippen LogP) is 6.16. The lowest BCUT2D eigenvalue weighted by Crippen LogP contribution is -2.30. The van der Waals surface area contributed by atoms with Gasteiger partial charge in [-0.3, -0.25) is 0 Å². The zero-order chi connectivity index (χ0) is 13.4. The molecule has 0 aliphatic carbocycles. The summed E-state index contributed by atoms with van der Waals surface area (Å²) in [5.41, 5.74) is 0. The molecular weight excluding hydrogens is 204 g/mol. The van der Waals surface area contributed by atoms with Crippen LogP contribution in [-0.2, 0) is 0 Å². The van der Waals surface area contributed by atoms with Gasteiger partial charge in [0.25, 0.3) is 0 Å². The highest BCUT2D eigenvalue weighted by molar-refractivity contribution is 4.79. The van der Waals surface area contributed by atoms with E-state index in [0.29, 0.717) is 0 Å². The van der Waals surface area contributed by atoms with Crippen LogP contribution in [0.5, 0.6) is 0 Å². The first-order valence-electron chi connectivity index (χ1n) is 7.99. The molecule has 0 N–H and O–H groups in total. The molecule has 0 amide bonds. The first-order valence-corrected chi connectivity index (χ1v) is 7.99. The van der Waals surface area contributed by atoms with Crippen LogP contribution in [0.4, 0.5) is 0 Å². The molecule has 0 aromatic rings. The molecule has 0 aliphatic heterocycles. The Kier molecular flexibility index (Phi) is 9.00. The Bertz CT molecular complexity index is 161. The average molecular weight is 240 g/mol. The van der Waals surface area contributed by atoms with Gasteiger partial charge in [0.15, 0.2) is 0 Å². The second kappa shape index (κ2) is 9.00. The summed E-state index contributed by atoms with van der Waals surface area (Å²) in [6.45, 7) is 16.9. The van der Waals surface area contributed by atoms with Crippen LogP contribution in [0.2, 0.25) is 0 Å². The smallest absolute Gasteiger partial charge is 0.0334 e. The van der Waals surface area contributed by atoms with Crippen molar-refractivity contribution < 1.29 is 0 Å². The second-order valence-electron chi connectivity index (χ2n) is 6.35. The zero-order valence-electron chi connectivity index (χ0n) is 13.4. The lowest BCUT2D eigenvalue weighted by atomic mass is 9.68. The molecule has 0 saturated carbocycles. The van der Waals surface area contributed by atoms with E-state index in [-0.39, 0.29) is 0 Å². The third-order valence-electron chi connectivity index (χ3n) is 4.95. The SMILES string of the molecule is CCCC(C)C(C(C)CCC)C(C)C(C)CC. The summed E-state index contributed by atoms with van der Waals surface area (Å²) in [6, 6.07) is 0. The zero-order valence-corrected chi connectivity index (χ0v) is 13.4. The predicted molar refractivity (Wildman–Crippen MR) is 80.3 cm³/mol. The van der Waals surface area contributed by atoms with Gasteiger partial charge in [0.1, 0.15) is 0 Å². The maximum absolute atomic E-state index is 2.50. The van der Waals surface area contributed by atoms with E-state index < -0.39 is 0 Å². The molecule has 0 bridgehead atoms. The summed E-state index contributed by atoms with van der Waals surface area (Å²) in [5.74, 6) is 4.46. The fourth-order valence-electron chi connectivity index (χ4n) is 3.64. The van der Waals surface area contributed by atoms with E-state index in [2.05, 4.69) is 48.5 Å². The monoisotopic (exact) mass is 240 g/mol. The third kappa shape index (κ3) is 5.44. The standard InChI is InChI=1S/C17H36/c1-8-11-14(5)17(15(6)12-9-2)16(7)13(4)10-3/h13-17H,8-12H2,1-7H3. The fraction of sp³-hybridized carbons (Fsp3) is 1.00. The molecule has 0 rings (SSSR count). The minimum Gasteiger partial charge on any atom is -0.0654 e. The van der Waals surface area contributed by atoms with Gasteiger partial charge in [-0.2, -0.15) is 0 Å².